The van der Waals surface area contributed by atoms with E-state index in [4.69, 9.17) is 23.2 Å². The molecule has 0 amide bonds. The molecule has 0 aromatic heterocycles. The van der Waals surface area contributed by atoms with Crippen LogP contribution in [0.2, 0.25) is 10.0 Å². The van der Waals surface area contributed by atoms with Crippen molar-refractivity contribution < 1.29 is 13.2 Å². The molecule has 0 atom stereocenters. The molecule has 0 radical (unpaired) electrons. The lowest BCUT2D eigenvalue weighted by Gasteiger charge is -2.07. The molecule has 0 aliphatic heterocycles. The summed E-state index contributed by atoms with van der Waals surface area (Å²) in [7, 11) is 0. The van der Waals surface area contributed by atoms with Gasteiger partial charge >= 0.3 is 6.18 Å². The second kappa shape index (κ2) is 3.76. The largest absolute Gasteiger partial charge is 0.393 e. The molecule has 1 aromatic carbocycles. The molecule has 1 rings (SSSR count). The van der Waals surface area contributed by atoms with Crippen molar-refractivity contribution in [3.05, 3.63) is 33.8 Å². The summed E-state index contributed by atoms with van der Waals surface area (Å²) in [5.41, 5.74) is 0.00154. The number of benzene rings is 1. The second-order valence-electron chi connectivity index (χ2n) is 2.53. The zero-order valence-corrected chi connectivity index (χ0v) is 7.84. The summed E-state index contributed by atoms with van der Waals surface area (Å²) in [5, 5.41) is 0.338. The SMILES string of the molecule is FC(F)(F)Cc1cc(Cl)ccc1Cl. The van der Waals surface area contributed by atoms with Gasteiger partial charge in [0, 0.05) is 10.0 Å². The van der Waals surface area contributed by atoms with Crippen LogP contribution >= 0.6 is 23.2 Å². The highest BCUT2D eigenvalue weighted by Gasteiger charge is 2.28. The maximum absolute atomic E-state index is 12.0. The summed E-state index contributed by atoms with van der Waals surface area (Å²) >= 11 is 11.1. The van der Waals surface area contributed by atoms with Crippen molar-refractivity contribution >= 4 is 23.2 Å². The Labute approximate surface area is 83.3 Å². The summed E-state index contributed by atoms with van der Waals surface area (Å²) in [5.74, 6) is 0. The monoisotopic (exact) mass is 228 g/mol. The Morgan fingerprint density at radius 2 is 1.77 bits per heavy atom. The van der Waals surface area contributed by atoms with Crippen molar-refractivity contribution in [1.29, 1.82) is 0 Å². The number of halogens is 5. The molecule has 0 bridgehead atoms. The zero-order valence-electron chi connectivity index (χ0n) is 6.33. The number of hydrogen-bond donors (Lipinski definition) is 0. The van der Waals surface area contributed by atoms with Crippen LogP contribution in [-0.2, 0) is 6.42 Å². The van der Waals surface area contributed by atoms with Crippen LogP contribution in [0.15, 0.2) is 18.2 Å². The smallest absolute Gasteiger partial charge is 0.171 e. The quantitative estimate of drug-likeness (QED) is 0.679. The second-order valence-corrected chi connectivity index (χ2v) is 3.37. The van der Waals surface area contributed by atoms with Crippen molar-refractivity contribution in [2.24, 2.45) is 0 Å². The van der Waals surface area contributed by atoms with Crippen molar-refractivity contribution in [1.82, 2.24) is 0 Å². The van der Waals surface area contributed by atoms with E-state index in [1.807, 2.05) is 0 Å². The predicted octanol–water partition coefficient (Wildman–Crippen LogP) is 4.10. The van der Waals surface area contributed by atoms with Gasteiger partial charge in [0.25, 0.3) is 0 Å². The van der Waals surface area contributed by atoms with Crippen LogP contribution in [0.4, 0.5) is 13.2 Å². The van der Waals surface area contributed by atoms with Gasteiger partial charge < -0.3 is 0 Å². The van der Waals surface area contributed by atoms with Gasteiger partial charge in [0.05, 0.1) is 6.42 Å². The van der Waals surface area contributed by atoms with Crippen LogP contribution in [0.1, 0.15) is 5.56 Å². The van der Waals surface area contributed by atoms with Crippen molar-refractivity contribution in [3.63, 3.8) is 0 Å². The van der Waals surface area contributed by atoms with Gasteiger partial charge in [-0.2, -0.15) is 13.2 Å². The Balaban J connectivity index is 2.94. The Morgan fingerprint density at radius 1 is 1.15 bits per heavy atom. The first-order chi connectivity index (χ1) is 5.88. The maximum atomic E-state index is 12.0. The lowest BCUT2D eigenvalue weighted by Crippen LogP contribution is -2.11. The molecule has 0 spiro atoms. The molecule has 0 aliphatic rings. The molecule has 0 unspecified atom stereocenters. The molecule has 0 saturated carbocycles. The van der Waals surface area contributed by atoms with Crippen LogP contribution in [0, 0.1) is 0 Å². The maximum Gasteiger partial charge on any atom is 0.393 e. The van der Waals surface area contributed by atoms with Gasteiger partial charge in [-0.1, -0.05) is 23.2 Å². The van der Waals surface area contributed by atoms with E-state index in [0.717, 1.165) is 0 Å². The third-order valence-corrected chi connectivity index (χ3v) is 2.00. The van der Waals surface area contributed by atoms with Crippen molar-refractivity contribution in [3.8, 4) is 0 Å². The van der Waals surface area contributed by atoms with E-state index in [1.165, 1.54) is 18.2 Å². The van der Waals surface area contributed by atoms with Gasteiger partial charge in [-0.15, -0.1) is 0 Å². The van der Waals surface area contributed by atoms with Crippen LogP contribution in [0.5, 0.6) is 0 Å². The molecule has 1 aromatic rings. The summed E-state index contributed by atoms with van der Waals surface area (Å²) in [6.45, 7) is 0. The number of rotatable bonds is 1. The first kappa shape index (κ1) is 10.7. The standard InChI is InChI=1S/C8H5Cl2F3/c9-6-1-2-7(10)5(3-6)4-8(11,12)13/h1-3H,4H2. The first-order valence-corrected chi connectivity index (χ1v) is 4.15. The fourth-order valence-electron chi connectivity index (χ4n) is 0.895. The zero-order chi connectivity index (χ0) is 10.1. The molecule has 0 fully saturated rings. The average Bonchev–Trinajstić information content (AvgIpc) is 1.94. The van der Waals surface area contributed by atoms with E-state index in [2.05, 4.69) is 0 Å². The van der Waals surface area contributed by atoms with Gasteiger partial charge in [-0.3, -0.25) is 0 Å². The van der Waals surface area contributed by atoms with E-state index in [1.54, 1.807) is 0 Å². The van der Waals surface area contributed by atoms with E-state index < -0.39 is 12.6 Å². The lowest BCUT2D eigenvalue weighted by atomic mass is 10.1. The molecule has 0 N–H and O–H groups in total. The van der Waals surface area contributed by atoms with Crippen LogP contribution in [0.3, 0.4) is 0 Å². The van der Waals surface area contributed by atoms with Gasteiger partial charge in [-0.25, -0.2) is 0 Å². The van der Waals surface area contributed by atoms with Gasteiger partial charge in [0.2, 0.25) is 0 Å². The number of hydrogen-bond acceptors (Lipinski definition) is 0. The normalized spacial score (nSPS) is 11.8. The Morgan fingerprint density at radius 3 is 2.31 bits per heavy atom. The molecular weight excluding hydrogens is 224 g/mol. The van der Waals surface area contributed by atoms with Gasteiger partial charge in [-0.05, 0) is 23.8 Å². The topological polar surface area (TPSA) is 0 Å². The number of alkyl halides is 3. The first-order valence-electron chi connectivity index (χ1n) is 3.39. The molecular formula is C8H5Cl2F3. The van der Waals surface area contributed by atoms with Crippen LogP contribution in [0.25, 0.3) is 0 Å². The third-order valence-electron chi connectivity index (χ3n) is 1.40. The Kier molecular flexibility index (Phi) is 3.09. The summed E-state index contributed by atoms with van der Waals surface area (Å²) in [4.78, 5) is 0. The fraction of sp³-hybridized carbons (Fsp3) is 0.250. The van der Waals surface area contributed by atoms with Gasteiger partial charge in [0.15, 0.2) is 0 Å². The minimum absolute atomic E-state index is 0.00154. The van der Waals surface area contributed by atoms with Crippen molar-refractivity contribution in [2.75, 3.05) is 0 Å². The summed E-state index contributed by atoms with van der Waals surface area (Å²) in [6, 6.07) is 4.02. The molecule has 72 valence electrons. The highest BCUT2D eigenvalue weighted by Crippen LogP contribution is 2.27. The van der Waals surface area contributed by atoms with Crippen LogP contribution < -0.4 is 0 Å². The Hall–Kier alpha value is -0.410. The average molecular weight is 229 g/mol. The van der Waals surface area contributed by atoms with E-state index in [-0.39, 0.29) is 15.6 Å². The predicted molar refractivity (Wildman–Crippen MR) is 46.2 cm³/mol. The molecule has 0 aliphatic carbocycles. The molecule has 0 nitrogen and oxygen atoms in total. The summed E-state index contributed by atoms with van der Waals surface area (Å²) < 4.78 is 35.9. The Bertz CT molecular complexity index is 307. The lowest BCUT2D eigenvalue weighted by molar-refractivity contribution is -0.127. The highest BCUT2D eigenvalue weighted by atomic mass is 35.5. The minimum atomic E-state index is -4.26. The van der Waals surface area contributed by atoms with Gasteiger partial charge in [0.1, 0.15) is 0 Å². The fourth-order valence-corrected chi connectivity index (χ4v) is 1.27. The molecule has 0 saturated heterocycles. The van der Waals surface area contributed by atoms with E-state index in [9.17, 15) is 13.2 Å². The van der Waals surface area contributed by atoms with Crippen molar-refractivity contribution in [2.45, 2.75) is 12.6 Å². The highest BCUT2D eigenvalue weighted by molar-refractivity contribution is 6.33. The van der Waals surface area contributed by atoms with Crippen LogP contribution in [-0.4, -0.2) is 6.18 Å². The molecule has 0 heterocycles. The van der Waals surface area contributed by atoms with E-state index >= 15 is 0 Å². The molecule has 5 heteroatoms. The summed E-state index contributed by atoms with van der Waals surface area (Å²) in [6.07, 6.45) is -5.30. The van der Waals surface area contributed by atoms with E-state index in [0.29, 0.717) is 0 Å². The minimum Gasteiger partial charge on any atom is -0.171 e. The third kappa shape index (κ3) is 3.44. The molecule has 13 heavy (non-hydrogen) atoms.